The number of nitrogens with one attached hydrogen (secondary N) is 1. The first-order valence-corrected chi connectivity index (χ1v) is 8.26. The highest BCUT2D eigenvalue weighted by atomic mass is 16.1. The zero-order valence-electron chi connectivity index (χ0n) is 12.8. The number of fused-ring (bicyclic) bond motifs is 2. The van der Waals surface area contributed by atoms with Gasteiger partial charge in [-0.05, 0) is 50.0 Å². The van der Waals surface area contributed by atoms with Crippen LogP contribution >= 0.6 is 0 Å². The Labute approximate surface area is 127 Å². The van der Waals surface area contributed by atoms with Gasteiger partial charge in [0.2, 0.25) is 5.91 Å². The smallest absolute Gasteiger partial charge is 0.223 e. The molecule has 0 aromatic heterocycles. The van der Waals surface area contributed by atoms with Gasteiger partial charge in [0.05, 0.1) is 6.04 Å². The molecule has 0 aliphatic heterocycles. The van der Waals surface area contributed by atoms with Crippen LogP contribution in [-0.2, 0) is 4.79 Å². The molecule has 3 rings (SSSR count). The average Bonchev–Trinajstić information content (AvgIpc) is 2.47. The molecule has 1 amide bonds. The fourth-order valence-electron chi connectivity index (χ4n) is 4.16. The van der Waals surface area contributed by atoms with E-state index in [1.165, 1.54) is 24.8 Å². The molecule has 2 saturated carbocycles. The maximum atomic E-state index is 12.6. The zero-order chi connectivity index (χ0) is 14.8. The van der Waals surface area contributed by atoms with Crippen LogP contribution in [0.4, 0.5) is 0 Å². The molecule has 3 atom stereocenters. The molecule has 2 bridgehead atoms. The standard InChI is InChI=1S/C18H26N2O/c1-12(13-6-3-2-4-7-13)20-18(21)16-10-14-8-5-9-15(11-16)17(14)19/h2-4,6-7,12,14-17H,5,8-11,19H2,1H3,(H,20,21). The molecule has 21 heavy (non-hydrogen) atoms. The molecule has 0 saturated heterocycles. The average molecular weight is 286 g/mol. The Morgan fingerprint density at radius 1 is 1.19 bits per heavy atom. The van der Waals surface area contributed by atoms with Crippen LogP contribution in [0.3, 0.4) is 0 Å². The van der Waals surface area contributed by atoms with Crippen molar-refractivity contribution >= 4 is 5.91 Å². The normalized spacial score (nSPS) is 33.2. The van der Waals surface area contributed by atoms with Crippen LogP contribution < -0.4 is 11.1 Å². The van der Waals surface area contributed by atoms with Gasteiger partial charge >= 0.3 is 0 Å². The van der Waals surface area contributed by atoms with Crippen molar-refractivity contribution in [3.8, 4) is 0 Å². The van der Waals surface area contributed by atoms with E-state index in [0.717, 1.165) is 12.8 Å². The largest absolute Gasteiger partial charge is 0.349 e. The third-order valence-corrected chi connectivity index (χ3v) is 5.44. The maximum absolute atomic E-state index is 12.6. The molecule has 3 unspecified atom stereocenters. The molecule has 3 N–H and O–H groups in total. The fraction of sp³-hybridized carbons (Fsp3) is 0.611. The summed E-state index contributed by atoms with van der Waals surface area (Å²) in [6, 6.07) is 10.6. The lowest BCUT2D eigenvalue weighted by Crippen LogP contribution is -2.49. The predicted molar refractivity (Wildman–Crippen MR) is 84.5 cm³/mol. The Balaban J connectivity index is 1.61. The van der Waals surface area contributed by atoms with Crippen molar-refractivity contribution in [2.45, 2.75) is 51.1 Å². The summed E-state index contributed by atoms with van der Waals surface area (Å²) >= 11 is 0. The van der Waals surface area contributed by atoms with Crippen LogP contribution in [0.25, 0.3) is 0 Å². The van der Waals surface area contributed by atoms with Gasteiger partial charge in [-0.3, -0.25) is 4.79 Å². The van der Waals surface area contributed by atoms with E-state index in [0.29, 0.717) is 17.9 Å². The van der Waals surface area contributed by atoms with Gasteiger partial charge in [-0.1, -0.05) is 36.8 Å². The van der Waals surface area contributed by atoms with Crippen LogP contribution in [0.2, 0.25) is 0 Å². The van der Waals surface area contributed by atoms with E-state index in [9.17, 15) is 4.79 Å². The molecule has 3 heteroatoms. The maximum Gasteiger partial charge on any atom is 0.223 e. The molecule has 114 valence electrons. The van der Waals surface area contributed by atoms with Crippen LogP contribution in [0.1, 0.15) is 50.6 Å². The van der Waals surface area contributed by atoms with Gasteiger partial charge in [0.25, 0.3) is 0 Å². The number of hydrogen-bond donors (Lipinski definition) is 2. The van der Waals surface area contributed by atoms with Gasteiger partial charge in [0.15, 0.2) is 0 Å². The van der Waals surface area contributed by atoms with E-state index in [2.05, 4.69) is 24.4 Å². The quantitative estimate of drug-likeness (QED) is 0.897. The van der Waals surface area contributed by atoms with Gasteiger partial charge < -0.3 is 11.1 Å². The lowest BCUT2D eigenvalue weighted by Gasteiger charge is -2.43. The summed E-state index contributed by atoms with van der Waals surface area (Å²) in [5, 5.41) is 3.19. The second-order valence-electron chi connectivity index (χ2n) is 6.84. The van der Waals surface area contributed by atoms with Crippen molar-refractivity contribution in [1.29, 1.82) is 0 Å². The second-order valence-corrected chi connectivity index (χ2v) is 6.84. The summed E-state index contributed by atoms with van der Waals surface area (Å²) in [6.45, 7) is 2.06. The highest BCUT2D eigenvalue weighted by Gasteiger charge is 2.40. The Morgan fingerprint density at radius 3 is 2.43 bits per heavy atom. The summed E-state index contributed by atoms with van der Waals surface area (Å²) in [5.41, 5.74) is 7.47. The number of benzene rings is 1. The number of rotatable bonds is 3. The van der Waals surface area contributed by atoms with E-state index in [4.69, 9.17) is 5.73 Å². The summed E-state index contributed by atoms with van der Waals surface area (Å²) in [7, 11) is 0. The van der Waals surface area contributed by atoms with Crippen molar-refractivity contribution in [1.82, 2.24) is 5.32 Å². The van der Waals surface area contributed by atoms with Crippen molar-refractivity contribution < 1.29 is 4.79 Å². The minimum atomic E-state index is 0.0779. The predicted octanol–water partition coefficient (Wildman–Crippen LogP) is 3.02. The molecule has 0 radical (unpaired) electrons. The summed E-state index contributed by atoms with van der Waals surface area (Å²) < 4.78 is 0. The summed E-state index contributed by atoms with van der Waals surface area (Å²) in [5.74, 6) is 1.49. The highest BCUT2D eigenvalue weighted by Crippen LogP contribution is 2.42. The molecule has 0 heterocycles. The molecule has 3 nitrogen and oxygen atoms in total. The number of carbonyl (C=O) groups excluding carboxylic acids is 1. The number of amides is 1. The molecule has 2 aliphatic rings. The Bertz CT molecular complexity index is 473. The zero-order valence-corrected chi connectivity index (χ0v) is 12.8. The van der Waals surface area contributed by atoms with E-state index in [1.54, 1.807) is 0 Å². The van der Waals surface area contributed by atoms with Crippen molar-refractivity contribution in [2.75, 3.05) is 0 Å². The number of nitrogens with two attached hydrogens (primary N) is 1. The van der Waals surface area contributed by atoms with Crippen molar-refractivity contribution in [2.24, 2.45) is 23.5 Å². The molecule has 2 fully saturated rings. The molecular formula is C18H26N2O. The van der Waals surface area contributed by atoms with Crippen LogP contribution in [-0.4, -0.2) is 11.9 Å². The molecule has 1 aromatic rings. The Kier molecular flexibility index (Phi) is 4.29. The number of carbonyl (C=O) groups is 1. The van der Waals surface area contributed by atoms with Crippen LogP contribution in [0.5, 0.6) is 0 Å². The van der Waals surface area contributed by atoms with Crippen LogP contribution in [0, 0.1) is 17.8 Å². The van der Waals surface area contributed by atoms with E-state index >= 15 is 0 Å². The third kappa shape index (κ3) is 3.13. The van der Waals surface area contributed by atoms with Gasteiger partial charge in [-0.25, -0.2) is 0 Å². The van der Waals surface area contributed by atoms with Gasteiger partial charge in [0, 0.05) is 12.0 Å². The first kappa shape index (κ1) is 14.6. The van der Waals surface area contributed by atoms with Crippen molar-refractivity contribution in [3.05, 3.63) is 35.9 Å². The van der Waals surface area contributed by atoms with Gasteiger partial charge in [-0.2, -0.15) is 0 Å². The number of hydrogen-bond acceptors (Lipinski definition) is 2. The van der Waals surface area contributed by atoms with E-state index < -0.39 is 0 Å². The minimum absolute atomic E-state index is 0.0779. The topological polar surface area (TPSA) is 55.1 Å². The molecule has 1 aromatic carbocycles. The lowest BCUT2D eigenvalue weighted by molar-refractivity contribution is -0.128. The van der Waals surface area contributed by atoms with E-state index in [1.807, 2.05) is 18.2 Å². The SMILES string of the molecule is CC(NC(=O)C1CC2CCCC(C1)C2N)c1ccccc1. The summed E-state index contributed by atoms with van der Waals surface area (Å²) in [4.78, 5) is 12.6. The lowest BCUT2D eigenvalue weighted by atomic mass is 9.65. The minimum Gasteiger partial charge on any atom is -0.349 e. The Morgan fingerprint density at radius 2 is 1.81 bits per heavy atom. The summed E-state index contributed by atoms with van der Waals surface area (Å²) in [6.07, 6.45) is 5.65. The van der Waals surface area contributed by atoms with Gasteiger partial charge in [0.1, 0.15) is 0 Å². The molecule has 0 spiro atoms. The van der Waals surface area contributed by atoms with Crippen molar-refractivity contribution in [3.63, 3.8) is 0 Å². The first-order chi connectivity index (χ1) is 10.1. The van der Waals surface area contributed by atoms with Gasteiger partial charge in [-0.15, -0.1) is 0 Å². The monoisotopic (exact) mass is 286 g/mol. The fourth-order valence-corrected chi connectivity index (χ4v) is 4.16. The highest BCUT2D eigenvalue weighted by molar-refractivity contribution is 5.79. The third-order valence-electron chi connectivity index (χ3n) is 5.44. The molecule has 2 aliphatic carbocycles. The van der Waals surface area contributed by atoms with E-state index in [-0.39, 0.29) is 17.9 Å². The van der Waals surface area contributed by atoms with Crippen LogP contribution in [0.15, 0.2) is 30.3 Å². The molecular weight excluding hydrogens is 260 g/mol. The Hall–Kier alpha value is -1.35. The second kappa shape index (κ2) is 6.18. The first-order valence-electron chi connectivity index (χ1n) is 8.26.